The molecule has 174 valence electrons. The molecule has 1 aromatic rings. The van der Waals surface area contributed by atoms with Crippen LogP contribution in [0.1, 0.15) is 51.5 Å². The quantitative estimate of drug-likeness (QED) is 0.296. The Bertz CT molecular complexity index is 834. The summed E-state index contributed by atoms with van der Waals surface area (Å²) in [6.45, 7) is 5.97. The highest BCUT2D eigenvalue weighted by atomic mass is 16.5. The number of unbranched alkanes of at least 4 members (excludes halogenated alkanes) is 3. The Morgan fingerprint density at radius 1 is 1.22 bits per heavy atom. The van der Waals surface area contributed by atoms with E-state index in [0.29, 0.717) is 26.2 Å². The normalized spacial score (nSPS) is 16.4. The molecule has 4 N–H and O–H groups in total. The van der Waals surface area contributed by atoms with Crippen LogP contribution < -0.4 is 10.6 Å². The number of rotatable bonds is 12. The molecule has 0 spiro atoms. The summed E-state index contributed by atoms with van der Waals surface area (Å²) in [5.74, 6) is 5.97. The number of carbonyl (C=O) groups excluding carboxylic acids is 1. The Morgan fingerprint density at radius 2 is 1.97 bits per heavy atom. The molecule has 6 nitrogen and oxygen atoms in total. The summed E-state index contributed by atoms with van der Waals surface area (Å²) in [6.07, 6.45) is 7.52. The lowest BCUT2D eigenvalue weighted by Gasteiger charge is -2.21. The molecular formula is C26H36N2O4. The minimum atomic E-state index is -0.525. The van der Waals surface area contributed by atoms with Gasteiger partial charge in [0.1, 0.15) is 6.61 Å². The van der Waals surface area contributed by atoms with E-state index in [9.17, 15) is 15.0 Å². The molecule has 1 aromatic carbocycles. The van der Waals surface area contributed by atoms with Gasteiger partial charge in [-0.25, -0.2) is 0 Å². The van der Waals surface area contributed by atoms with Crippen molar-refractivity contribution >= 4 is 11.6 Å². The Kier molecular flexibility index (Phi) is 11.8. The second kappa shape index (κ2) is 14.6. The van der Waals surface area contributed by atoms with Crippen LogP contribution in [0.5, 0.6) is 0 Å². The second-order valence-corrected chi connectivity index (χ2v) is 8.11. The van der Waals surface area contributed by atoms with E-state index in [4.69, 9.17) is 4.74 Å². The first-order valence-electron chi connectivity index (χ1n) is 11.3. The summed E-state index contributed by atoms with van der Waals surface area (Å²) in [7, 11) is 0. The van der Waals surface area contributed by atoms with Crippen molar-refractivity contribution in [1.29, 1.82) is 0 Å². The number of aliphatic hydroxyl groups is 2. The molecular weight excluding hydrogens is 404 g/mol. The number of nitrogens with one attached hydrogen (secondary N) is 2. The van der Waals surface area contributed by atoms with E-state index < -0.39 is 12.2 Å². The SMILES string of the molecule is CC(=O)Nc1ccc(C#CCOCCCCCCNCC(O)C2=C(C)CC(O)C=C2)cc1. The van der Waals surface area contributed by atoms with Crippen LogP contribution >= 0.6 is 0 Å². The lowest BCUT2D eigenvalue weighted by atomic mass is 9.93. The number of hydrogen-bond acceptors (Lipinski definition) is 5. The van der Waals surface area contributed by atoms with E-state index >= 15 is 0 Å². The summed E-state index contributed by atoms with van der Waals surface area (Å²) in [4.78, 5) is 11.0. The molecule has 0 heterocycles. The zero-order chi connectivity index (χ0) is 23.2. The molecule has 32 heavy (non-hydrogen) atoms. The number of ether oxygens (including phenoxy) is 1. The molecule has 2 atom stereocenters. The molecule has 0 fully saturated rings. The van der Waals surface area contributed by atoms with Crippen LogP contribution in [0.3, 0.4) is 0 Å². The first kappa shape index (κ1) is 25.8. The van der Waals surface area contributed by atoms with Gasteiger partial charge in [0.25, 0.3) is 0 Å². The highest BCUT2D eigenvalue weighted by molar-refractivity contribution is 5.88. The fraction of sp³-hybridized carbons (Fsp3) is 0.500. The number of aliphatic hydroxyl groups excluding tert-OH is 2. The summed E-state index contributed by atoms with van der Waals surface area (Å²) in [6, 6.07) is 7.41. The molecule has 2 rings (SSSR count). The lowest BCUT2D eigenvalue weighted by molar-refractivity contribution is -0.114. The van der Waals surface area contributed by atoms with Gasteiger partial charge in [0.2, 0.25) is 5.91 Å². The molecule has 1 aliphatic rings. The topological polar surface area (TPSA) is 90.8 Å². The van der Waals surface area contributed by atoms with Gasteiger partial charge in [0, 0.05) is 31.3 Å². The maximum absolute atomic E-state index is 11.0. The molecule has 2 unspecified atom stereocenters. The Hall–Kier alpha value is -2.43. The standard InChI is InChI=1S/C26H36N2O4/c1-20-18-24(30)13-14-25(20)26(31)19-27-15-5-3-4-6-16-32-17-7-8-22-9-11-23(12-10-22)28-21(2)29/h9-14,24,26-27,30-31H,3-6,15-19H2,1-2H3,(H,28,29). The van der Waals surface area contributed by atoms with Crippen molar-refractivity contribution in [3.8, 4) is 11.8 Å². The predicted molar refractivity (Wildman–Crippen MR) is 128 cm³/mol. The fourth-order valence-corrected chi connectivity index (χ4v) is 3.51. The predicted octanol–water partition coefficient (Wildman–Crippen LogP) is 3.16. The van der Waals surface area contributed by atoms with Gasteiger partial charge in [-0.1, -0.05) is 42.4 Å². The van der Waals surface area contributed by atoms with Crippen LogP contribution in [-0.2, 0) is 9.53 Å². The third-order valence-electron chi connectivity index (χ3n) is 5.21. The average Bonchev–Trinajstić information content (AvgIpc) is 2.75. The Morgan fingerprint density at radius 3 is 2.69 bits per heavy atom. The van der Waals surface area contributed by atoms with Gasteiger partial charge < -0.3 is 25.6 Å². The monoisotopic (exact) mass is 440 g/mol. The zero-order valence-electron chi connectivity index (χ0n) is 19.2. The lowest BCUT2D eigenvalue weighted by Crippen LogP contribution is -2.30. The van der Waals surface area contributed by atoms with Crippen molar-refractivity contribution in [2.45, 2.75) is 58.2 Å². The van der Waals surface area contributed by atoms with Gasteiger partial charge in [-0.2, -0.15) is 0 Å². The molecule has 0 saturated heterocycles. The smallest absolute Gasteiger partial charge is 0.221 e. The van der Waals surface area contributed by atoms with Crippen LogP contribution in [0.15, 0.2) is 47.6 Å². The van der Waals surface area contributed by atoms with Gasteiger partial charge in [-0.15, -0.1) is 0 Å². The number of benzene rings is 1. The second-order valence-electron chi connectivity index (χ2n) is 8.11. The molecule has 0 radical (unpaired) electrons. The minimum absolute atomic E-state index is 0.0882. The average molecular weight is 441 g/mol. The van der Waals surface area contributed by atoms with Crippen LogP contribution in [0.2, 0.25) is 0 Å². The summed E-state index contributed by atoms with van der Waals surface area (Å²) in [5, 5.41) is 25.9. The number of amides is 1. The minimum Gasteiger partial charge on any atom is -0.389 e. The van der Waals surface area contributed by atoms with Gasteiger partial charge >= 0.3 is 0 Å². The van der Waals surface area contributed by atoms with Crippen molar-refractivity contribution in [3.63, 3.8) is 0 Å². The van der Waals surface area contributed by atoms with Crippen molar-refractivity contribution in [2.24, 2.45) is 0 Å². The molecule has 0 aromatic heterocycles. The number of carbonyl (C=O) groups is 1. The molecule has 1 aliphatic carbocycles. The first-order valence-corrected chi connectivity index (χ1v) is 11.3. The fourth-order valence-electron chi connectivity index (χ4n) is 3.51. The van der Waals surface area contributed by atoms with Crippen LogP contribution in [0.25, 0.3) is 0 Å². The van der Waals surface area contributed by atoms with Crippen LogP contribution in [0.4, 0.5) is 5.69 Å². The maximum atomic E-state index is 11.0. The van der Waals surface area contributed by atoms with Crippen molar-refractivity contribution in [2.75, 3.05) is 31.6 Å². The van der Waals surface area contributed by atoms with Gasteiger partial charge in [0.05, 0.1) is 12.2 Å². The first-order chi connectivity index (χ1) is 15.5. The van der Waals surface area contributed by atoms with E-state index in [1.807, 2.05) is 37.3 Å². The summed E-state index contributed by atoms with van der Waals surface area (Å²) < 4.78 is 5.57. The summed E-state index contributed by atoms with van der Waals surface area (Å²) >= 11 is 0. The van der Waals surface area contributed by atoms with Gasteiger partial charge in [-0.3, -0.25) is 4.79 Å². The van der Waals surface area contributed by atoms with Crippen molar-refractivity contribution in [1.82, 2.24) is 5.32 Å². The van der Waals surface area contributed by atoms with Gasteiger partial charge in [0.15, 0.2) is 0 Å². The van der Waals surface area contributed by atoms with E-state index in [0.717, 1.165) is 54.6 Å². The molecule has 1 amide bonds. The third-order valence-corrected chi connectivity index (χ3v) is 5.21. The van der Waals surface area contributed by atoms with Crippen molar-refractivity contribution < 1.29 is 19.7 Å². The van der Waals surface area contributed by atoms with Crippen LogP contribution in [0, 0.1) is 11.8 Å². The largest absolute Gasteiger partial charge is 0.389 e. The molecule has 0 bridgehead atoms. The van der Waals surface area contributed by atoms with E-state index in [2.05, 4.69) is 22.5 Å². The Balaban J connectivity index is 1.45. The highest BCUT2D eigenvalue weighted by Crippen LogP contribution is 2.21. The zero-order valence-corrected chi connectivity index (χ0v) is 19.2. The molecule has 6 heteroatoms. The van der Waals surface area contributed by atoms with E-state index in [-0.39, 0.29) is 5.91 Å². The van der Waals surface area contributed by atoms with Gasteiger partial charge in [-0.05, 0) is 62.6 Å². The Labute approximate surface area is 191 Å². The van der Waals surface area contributed by atoms with E-state index in [1.54, 1.807) is 6.08 Å². The molecule has 0 saturated carbocycles. The third kappa shape index (κ3) is 10.3. The summed E-state index contributed by atoms with van der Waals surface area (Å²) in [5.41, 5.74) is 3.63. The maximum Gasteiger partial charge on any atom is 0.221 e. The molecule has 0 aliphatic heterocycles. The number of hydrogen-bond donors (Lipinski definition) is 4. The van der Waals surface area contributed by atoms with Crippen LogP contribution in [-0.4, -0.2) is 54.6 Å². The van der Waals surface area contributed by atoms with Crippen molar-refractivity contribution in [3.05, 3.63) is 53.1 Å². The highest BCUT2D eigenvalue weighted by Gasteiger charge is 2.16. The number of anilines is 1. The van der Waals surface area contributed by atoms with E-state index in [1.165, 1.54) is 6.92 Å².